The van der Waals surface area contributed by atoms with Crippen molar-refractivity contribution in [3.63, 3.8) is 0 Å². The van der Waals surface area contributed by atoms with Crippen molar-refractivity contribution in [1.29, 1.82) is 0 Å². The first-order chi connectivity index (χ1) is 16.6. The molecule has 6 nitrogen and oxygen atoms in total. The Hall–Kier alpha value is -2.65. The van der Waals surface area contributed by atoms with Gasteiger partial charge in [0.25, 0.3) is 0 Å². The Balaban J connectivity index is 1.45. The highest BCUT2D eigenvalue weighted by atomic mass is 35.5. The highest BCUT2D eigenvalue weighted by molar-refractivity contribution is 6.30. The van der Waals surface area contributed by atoms with Crippen LogP contribution in [0, 0.1) is 13.8 Å². The van der Waals surface area contributed by atoms with Crippen LogP contribution < -0.4 is 4.90 Å². The smallest absolute Gasteiger partial charge is 0.357 e. The number of hydrogen-bond acceptors (Lipinski definition) is 5. The van der Waals surface area contributed by atoms with Crippen molar-refractivity contribution in [2.45, 2.75) is 64.8 Å². The van der Waals surface area contributed by atoms with Crippen LogP contribution in [0.2, 0.25) is 5.02 Å². The van der Waals surface area contributed by atoms with Crippen LogP contribution in [0.4, 0.5) is 19.0 Å². The van der Waals surface area contributed by atoms with E-state index in [1.54, 1.807) is 12.1 Å². The zero-order chi connectivity index (χ0) is 24.9. The zero-order valence-corrected chi connectivity index (χ0v) is 20.7. The van der Waals surface area contributed by atoms with Gasteiger partial charge in [0.2, 0.25) is 0 Å². The summed E-state index contributed by atoms with van der Waals surface area (Å²) < 4.78 is 42.8. The third kappa shape index (κ3) is 4.76. The number of piperidine rings is 1. The summed E-state index contributed by atoms with van der Waals surface area (Å²) in [4.78, 5) is 8.37. The number of benzene rings is 1. The molecule has 0 radical (unpaired) electrons. The summed E-state index contributed by atoms with van der Waals surface area (Å²) in [6.07, 6.45) is -2.62. The Morgan fingerprint density at radius 2 is 1.77 bits per heavy atom. The summed E-state index contributed by atoms with van der Waals surface area (Å²) >= 11 is 6.24. The fourth-order valence-electron chi connectivity index (χ4n) is 5.14. The maximum atomic E-state index is 13.6. The van der Waals surface area contributed by atoms with Gasteiger partial charge in [0.05, 0.1) is 12.2 Å². The summed E-state index contributed by atoms with van der Waals surface area (Å²) in [5.41, 5.74) is 3.73. The van der Waals surface area contributed by atoms with Crippen molar-refractivity contribution in [1.82, 2.24) is 24.6 Å². The first-order valence-electron chi connectivity index (χ1n) is 11.8. The van der Waals surface area contributed by atoms with Gasteiger partial charge in [-0.15, -0.1) is 10.2 Å². The minimum atomic E-state index is -4.34. The number of aryl methyl sites for hydroxylation is 2. The summed E-state index contributed by atoms with van der Waals surface area (Å²) in [7, 11) is 0. The number of nitrogens with zero attached hydrogens (tertiary/aromatic N) is 6. The highest BCUT2D eigenvalue weighted by Gasteiger charge is 2.42. The van der Waals surface area contributed by atoms with Gasteiger partial charge in [-0.25, -0.2) is 4.98 Å². The minimum absolute atomic E-state index is 0.0608. The van der Waals surface area contributed by atoms with E-state index in [-0.39, 0.29) is 19.0 Å². The molecule has 35 heavy (non-hydrogen) atoms. The second kappa shape index (κ2) is 9.09. The Bertz CT molecular complexity index is 1210. The molecular formula is C25H28ClF3N6. The lowest BCUT2D eigenvalue weighted by Gasteiger charge is -2.33. The third-order valence-corrected chi connectivity index (χ3v) is 7.28. The normalized spacial score (nSPS) is 18.2. The average Bonchev–Trinajstić information content (AvgIpc) is 3.13. The second-order valence-corrected chi connectivity index (χ2v) is 10.0. The molecule has 186 valence electrons. The van der Waals surface area contributed by atoms with Crippen molar-refractivity contribution >= 4 is 17.4 Å². The molecule has 1 saturated heterocycles. The van der Waals surface area contributed by atoms with Crippen LogP contribution in [0.15, 0.2) is 30.3 Å². The number of rotatable bonds is 3. The lowest BCUT2D eigenvalue weighted by atomic mass is 9.95. The van der Waals surface area contributed by atoms with E-state index in [4.69, 9.17) is 16.6 Å². The molecule has 0 saturated carbocycles. The van der Waals surface area contributed by atoms with Crippen molar-refractivity contribution in [3.05, 3.63) is 63.8 Å². The van der Waals surface area contributed by atoms with Crippen molar-refractivity contribution < 1.29 is 13.2 Å². The molecule has 2 aliphatic rings. The number of hydrogen-bond donors (Lipinski definition) is 0. The molecule has 1 atom stereocenters. The maximum absolute atomic E-state index is 13.6. The molecule has 0 bridgehead atoms. The van der Waals surface area contributed by atoms with Crippen LogP contribution in [-0.2, 0) is 13.1 Å². The number of alkyl halides is 3. The van der Waals surface area contributed by atoms with E-state index in [1.807, 2.05) is 17.6 Å². The lowest BCUT2D eigenvalue weighted by molar-refractivity contribution is -0.182. The molecule has 4 heterocycles. The van der Waals surface area contributed by atoms with Gasteiger partial charge in [-0.3, -0.25) is 9.47 Å². The monoisotopic (exact) mass is 504 g/mol. The molecule has 1 unspecified atom stereocenters. The van der Waals surface area contributed by atoms with Gasteiger partial charge in [-0.2, -0.15) is 13.2 Å². The minimum Gasteiger partial charge on any atom is -0.357 e. The van der Waals surface area contributed by atoms with Crippen LogP contribution in [-0.4, -0.2) is 50.0 Å². The van der Waals surface area contributed by atoms with Crippen LogP contribution in [0.5, 0.6) is 0 Å². The van der Waals surface area contributed by atoms with Crippen LogP contribution in [0.3, 0.4) is 0 Å². The van der Waals surface area contributed by atoms with E-state index in [2.05, 4.69) is 34.2 Å². The molecule has 0 aliphatic carbocycles. The Labute approximate surface area is 207 Å². The Morgan fingerprint density at radius 3 is 2.46 bits per heavy atom. The van der Waals surface area contributed by atoms with Crippen LogP contribution in [0.1, 0.15) is 54.2 Å². The fraction of sp³-hybridized carbons (Fsp3) is 0.480. The quantitative estimate of drug-likeness (QED) is 0.466. The van der Waals surface area contributed by atoms with Crippen molar-refractivity contribution in [2.24, 2.45) is 0 Å². The molecule has 0 amide bonds. The molecule has 1 fully saturated rings. The number of anilines is 1. The molecule has 3 aromatic rings. The van der Waals surface area contributed by atoms with E-state index in [0.29, 0.717) is 10.8 Å². The molecule has 10 heteroatoms. The molecule has 0 N–H and O–H groups in total. The molecule has 1 aromatic carbocycles. The fourth-order valence-corrected chi connectivity index (χ4v) is 5.34. The summed E-state index contributed by atoms with van der Waals surface area (Å²) in [6.45, 7) is 7.11. The number of aromatic nitrogens is 4. The van der Waals surface area contributed by atoms with Gasteiger partial charge in [-0.05, 0) is 75.1 Å². The predicted molar refractivity (Wildman–Crippen MR) is 129 cm³/mol. The molecule has 0 spiro atoms. The van der Waals surface area contributed by atoms with Gasteiger partial charge < -0.3 is 4.90 Å². The van der Waals surface area contributed by atoms with E-state index in [1.165, 1.54) is 17.4 Å². The topological polar surface area (TPSA) is 50.1 Å². The summed E-state index contributed by atoms with van der Waals surface area (Å²) in [6, 6.07) is 7.94. The molecule has 5 rings (SSSR count). The molecular weight excluding hydrogens is 477 g/mol. The van der Waals surface area contributed by atoms with Crippen LogP contribution in [0.25, 0.3) is 5.69 Å². The van der Waals surface area contributed by atoms with Crippen molar-refractivity contribution in [3.8, 4) is 5.69 Å². The van der Waals surface area contributed by atoms with Gasteiger partial charge in [0.15, 0.2) is 5.82 Å². The number of pyridine rings is 1. The standard InChI is InChI=1S/C25H28ClF3N6/c1-15-10-16(2)30-22(11-15)33-8-6-18(7-9-33)24-32-31-23-14-34(17(3)25(27,28)29)13-19-12-20(26)4-5-21(19)35(23)24/h4-5,10-12,17-18H,6-9,13-14H2,1-3H3. The SMILES string of the molecule is Cc1cc(C)nc(N2CCC(c3nnc4n3-c3ccc(Cl)cc3CN(C(C)C(F)(F)F)C4)CC2)c1. The second-order valence-electron chi connectivity index (χ2n) is 9.61. The van der Waals surface area contributed by atoms with E-state index < -0.39 is 12.2 Å². The predicted octanol–water partition coefficient (Wildman–Crippen LogP) is 5.58. The maximum Gasteiger partial charge on any atom is 0.403 e. The Kier molecular flexibility index (Phi) is 6.25. The summed E-state index contributed by atoms with van der Waals surface area (Å²) in [5.74, 6) is 2.46. The number of halogens is 4. The van der Waals surface area contributed by atoms with E-state index >= 15 is 0 Å². The zero-order valence-electron chi connectivity index (χ0n) is 20.0. The largest absolute Gasteiger partial charge is 0.403 e. The first kappa shape index (κ1) is 24.1. The average molecular weight is 505 g/mol. The van der Waals surface area contributed by atoms with Crippen LogP contribution >= 0.6 is 11.6 Å². The van der Waals surface area contributed by atoms with E-state index in [9.17, 15) is 13.2 Å². The summed E-state index contributed by atoms with van der Waals surface area (Å²) in [5, 5.41) is 9.37. The van der Waals surface area contributed by atoms with Gasteiger partial charge >= 0.3 is 6.18 Å². The van der Waals surface area contributed by atoms with Gasteiger partial charge in [0.1, 0.15) is 17.7 Å². The molecule has 2 aliphatic heterocycles. The van der Waals surface area contributed by atoms with Gasteiger partial charge in [-0.1, -0.05) is 11.6 Å². The third-order valence-electron chi connectivity index (χ3n) is 7.05. The highest BCUT2D eigenvalue weighted by Crippen LogP contribution is 2.36. The number of fused-ring (bicyclic) bond motifs is 3. The Morgan fingerprint density at radius 1 is 1.03 bits per heavy atom. The van der Waals surface area contributed by atoms with Gasteiger partial charge in [0, 0.05) is 36.3 Å². The lowest BCUT2D eigenvalue weighted by Crippen LogP contribution is -2.42. The van der Waals surface area contributed by atoms with Crippen molar-refractivity contribution in [2.75, 3.05) is 18.0 Å². The van der Waals surface area contributed by atoms with E-state index in [0.717, 1.165) is 54.5 Å². The molecule has 2 aromatic heterocycles. The first-order valence-corrected chi connectivity index (χ1v) is 12.2.